The maximum absolute atomic E-state index is 12.1. The molecular weight excluding hydrogens is 312 g/mol. The van der Waals surface area contributed by atoms with Gasteiger partial charge in [-0.25, -0.2) is 5.43 Å². The van der Waals surface area contributed by atoms with Crippen LogP contribution in [-0.4, -0.2) is 18.2 Å². The summed E-state index contributed by atoms with van der Waals surface area (Å²) in [6.07, 6.45) is 2.94. The number of aryl methyl sites for hydroxylation is 2. The van der Waals surface area contributed by atoms with Crippen LogP contribution in [0, 0.1) is 13.8 Å². The van der Waals surface area contributed by atoms with E-state index in [0.29, 0.717) is 0 Å². The second kappa shape index (κ2) is 9.62. The molecule has 0 bridgehead atoms. The van der Waals surface area contributed by atoms with Crippen LogP contribution in [0.2, 0.25) is 0 Å². The second-order valence-electron chi connectivity index (χ2n) is 6.12. The highest BCUT2D eigenvalue weighted by atomic mass is 16.5. The molecular formula is C21H26N2O2. The number of hydrogen-bond donors (Lipinski definition) is 1. The van der Waals surface area contributed by atoms with Gasteiger partial charge >= 0.3 is 0 Å². The molecule has 4 heteroatoms. The molecule has 0 saturated carbocycles. The number of hydrazone groups is 1. The Hall–Kier alpha value is -2.62. The highest BCUT2D eigenvalue weighted by molar-refractivity contribution is 6.01. The average molecular weight is 338 g/mol. The maximum atomic E-state index is 12.1. The van der Waals surface area contributed by atoms with Gasteiger partial charge in [0.2, 0.25) is 0 Å². The number of amides is 1. The summed E-state index contributed by atoms with van der Waals surface area (Å²) in [6, 6.07) is 15.9. The predicted octanol–water partition coefficient (Wildman–Crippen LogP) is 4.39. The zero-order chi connectivity index (χ0) is 18.1. The first-order chi connectivity index (χ1) is 12.1. The Labute approximate surface area is 149 Å². The Morgan fingerprint density at radius 3 is 2.60 bits per heavy atom. The van der Waals surface area contributed by atoms with Gasteiger partial charge in [0.05, 0.1) is 5.71 Å². The predicted molar refractivity (Wildman–Crippen MR) is 102 cm³/mol. The van der Waals surface area contributed by atoms with E-state index in [9.17, 15) is 4.79 Å². The van der Waals surface area contributed by atoms with Crippen molar-refractivity contribution in [3.8, 4) is 5.75 Å². The highest BCUT2D eigenvalue weighted by Crippen LogP contribution is 2.18. The van der Waals surface area contributed by atoms with Crippen LogP contribution < -0.4 is 10.2 Å². The average Bonchev–Trinajstić information content (AvgIpc) is 2.63. The Kier molecular flexibility index (Phi) is 7.20. The molecule has 0 aromatic heterocycles. The highest BCUT2D eigenvalue weighted by Gasteiger charge is 2.07. The lowest BCUT2D eigenvalue weighted by Gasteiger charge is -2.10. The van der Waals surface area contributed by atoms with Crippen molar-refractivity contribution in [2.24, 2.45) is 5.10 Å². The quantitative estimate of drug-likeness (QED) is 0.573. The minimum Gasteiger partial charge on any atom is -0.483 e. The van der Waals surface area contributed by atoms with Gasteiger partial charge in [0.15, 0.2) is 6.61 Å². The molecule has 1 amide bonds. The number of hydrogen-bond acceptors (Lipinski definition) is 3. The minimum absolute atomic E-state index is 0.0519. The zero-order valence-corrected chi connectivity index (χ0v) is 15.2. The van der Waals surface area contributed by atoms with Crippen LogP contribution in [0.3, 0.4) is 0 Å². The molecule has 4 nitrogen and oxygen atoms in total. The molecule has 0 unspecified atom stereocenters. The summed E-state index contributed by atoms with van der Waals surface area (Å²) < 4.78 is 5.62. The van der Waals surface area contributed by atoms with Crippen LogP contribution >= 0.6 is 0 Å². The van der Waals surface area contributed by atoms with Crippen molar-refractivity contribution in [1.29, 1.82) is 0 Å². The fraction of sp³-hybridized carbons (Fsp3) is 0.333. The second-order valence-corrected chi connectivity index (χ2v) is 6.12. The van der Waals surface area contributed by atoms with Gasteiger partial charge in [0.25, 0.3) is 5.91 Å². The fourth-order valence-corrected chi connectivity index (χ4v) is 2.41. The van der Waals surface area contributed by atoms with E-state index in [1.54, 1.807) is 0 Å². The molecule has 0 radical (unpaired) electrons. The number of rotatable bonds is 8. The summed E-state index contributed by atoms with van der Waals surface area (Å²) in [4.78, 5) is 12.1. The minimum atomic E-state index is -0.258. The molecule has 0 spiro atoms. The van der Waals surface area contributed by atoms with Crippen molar-refractivity contribution in [1.82, 2.24) is 5.43 Å². The van der Waals surface area contributed by atoms with E-state index < -0.39 is 0 Å². The van der Waals surface area contributed by atoms with E-state index in [0.717, 1.165) is 47.4 Å². The number of ether oxygens (including phenoxy) is 1. The van der Waals surface area contributed by atoms with Crippen LogP contribution in [0.1, 0.15) is 42.9 Å². The van der Waals surface area contributed by atoms with Crippen LogP contribution in [0.25, 0.3) is 0 Å². The van der Waals surface area contributed by atoms with E-state index in [1.807, 2.05) is 62.4 Å². The van der Waals surface area contributed by atoms with Crippen molar-refractivity contribution < 1.29 is 9.53 Å². The van der Waals surface area contributed by atoms with E-state index in [-0.39, 0.29) is 12.5 Å². The van der Waals surface area contributed by atoms with E-state index in [4.69, 9.17) is 4.74 Å². The van der Waals surface area contributed by atoms with Gasteiger partial charge in [-0.1, -0.05) is 55.8 Å². The molecule has 0 aliphatic rings. The topological polar surface area (TPSA) is 50.7 Å². The number of nitrogens with one attached hydrogen (secondary N) is 1. The van der Waals surface area contributed by atoms with E-state index in [2.05, 4.69) is 17.5 Å². The third-order valence-electron chi connectivity index (χ3n) is 3.89. The first-order valence-corrected chi connectivity index (χ1v) is 8.71. The van der Waals surface area contributed by atoms with Crippen molar-refractivity contribution in [2.75, 3.05) is 6.61 Å². The summed E-state index contributed by atoms with van der Waals surface area (Å²) >= 11 is 0. The van der Waals surface area contributed by atoms with Crippen LogP contribution in [0.5, 0.6) is 5.75 Å². The molecule has 0 fully saturated rings. The summed E-state index contributed by atoms with van der Waals surface area (Å²) in [6.45, 7) is 6.04. The van der Waals surface area contributed by atoms with Gasteiger partial charge in [0.1, 0.15) is 5.75 Å². The summed E-state index contributed by atoms with van der Waals surface area (Å²) in [7, 11) is 0. The summed E-state index contributed by atoms with van der Waals surface area (Å²) in [5.74, 6) is 0.472. The molecule has 0 aliphatic heterocycles. The lowest BCUT2D eigenvalue weighted by molar-refractivity contribution is -0.123. The third kappa shape index (κ3) is 6.07. The monoisotopic (exact) mass is 338 g/mol. The normalized spacial score (nSPS) is 11.2. The third-order valence-corrected chi connectivity index (χ3v) is 3.89. The van der Waals surface area contributed by atoms with Crippen LogP contribution in [0.4, 0.5) is 0 Å². The summed E-state index contributed by atoms with van der Waals surface area (Å²) in [5.41, 5.74) is 6.65. The SMILES string of the molecule is CCCCC(=NNC(=O)COc1cc(C)ccc1C)c1ccccc1. The van der Waals surface area contributed by atoms with E-state index in [1.165, 1.54) is 0 Å². The van der Waals surface area contributed by atoms with Gasteiger partial charge in [-0.05, 0) is 49.4 Å². The standard InChI is InChI=1S/C21H26N2O2/c1-4-5-11-19(18-9-7-6-8-10-18)22-23-21(24)15-25-20-14-16(2)12-13-17(20)3/h6-10,12-14H,4-5,11,15H2,1-3H3,(H,23,24). The molecule has 0 saturated heterocycles. The Bertz CT molecular complexity index is 724. The van der Waals surface area contributed by atoms with Gasteiger partial charge in [-0.2, -0.15) is 5.10 Å². The first-order valence-electron chi connectivity index (χ1n) is 8.71. The number of benzene rings is 2. The molecule has 2 aromatic rings. The molecule has 2 aromatic carbocycles. The number of nitrogens with zero attached hydrogens (tertiary/aromatic N) is 1. The Balaban J connectivity index is 1.97. The fourth-order valence-electron chi connectivity index (χ4n) is 2.41. The van der Waals surface area contributed by atoms with Gasteiger partial charge in [-0.15, -0.1) is 0 Å². The smallest absolute Gasteiger partial charge is 0.277 e. The molecule has 0 heterocycles. The molecule has 1 N–H and O–H groups in total. The maximum Gasteiger partial charge on any atom is 0.277 e. The van der Waals surface area contributed by atoms with Crippen molar-refractivity contribution in [2.45, 2.75) is 40.0 Å². The first kappa shape index (κ1) is 18.7. The molecule has 132 valence electrons. The van der Waals surface area contributed by atoms with Crippen molar-refractivity contribution in [3.05, 3.63) is 65.2 Å². The largest absolute Gasteiger partial charge is 0.483 e. The van der Waals surface area contributed by atoms with Crippen molar-refractivity contribution in [3.63, 3.8) is 0 Å². The molecule has 0 atom stereocenters. The lowest BCUT2D eigenvalue weighted by Crippen LogP contribution is -2.26. The van der Waals surface area contributed by atoms with Crippen LogP contribution in [-0.2, 0) is 4.79 Å². The molecule has 0 aliphatic carbocycles. The zero-order valence-electron chi connectivity index (χ0n) is 15.2. The number of unbranched alkanes of at least 4 members (excludes halogenated alkanes) is 1. The Morgan fingerprint density at radius 2 is 1.88 bits per heavy atom. The van der Waals surface area contributed by atoms with Crippen LogP contribution in [0.15, 0.2) is 53.6 Å². The van der Waals surface area contributed by atoms with Gasteiger partial charge < -0.3 is 4.74 Å². The number of carbonyl (C=O) groups is 1. The lowest BCUT2D eigenvalue weighted by atomic mass is 10.1. The van der Waals surface area contributed by atoms with Gasteiger partial charge in [-0.3, -0.25) is 4.79 Å². The Morgan fingerprint density at radius 1 is 1.12 bits per heavy atom. The van der Waals surface area contributed by atoms with Gasteiger partial charge in [0, 0.05) is 0 Å². The van der Waals surface area contributed by atoms with Crippen molar-refractivity contribution >= 4 is 11.6 Å². The summed E-state index contributed by atoms with van der Waals surface area (Å²) in [5, 5.41) is 4.32. The number of carbonyl (C=O) groups excluding carboxylic acids is 1. The van der Waals surface area contributed by atoms with E-state index >= 15 is 0 Å². The molecule has 25 heavy (non-hydrogen) atoms. The molecule has 2 rings (SSSR count).